The Morgan fingerprint density at radius 3 is 2.47 bits per heavy atom. The average molecular weight is 244 g/mol. The van der Waals surface area contributed by atoms with Crippen molar-refractivity contribution in [2.75, 3.05) is 26.3 Å². The van der Waals surface area contributed by atoms with E-state index in [9.17, 15) is 4.79 Å². The Hall–Kier alpha value is -0.810. The lowest BCUT2D eigenvalue weighted by molar-refractivity contribution is -0.00495. The third-order valence-corrected chi connectivity index (χ3v) is 2.34. The lowest BCUT2D eigenvalue weighted by atomic mass is 10.2. The number of hydrogen-bond acceptors (Lipinski definition) is 4. The Morgan fingerprint density at radius 1 is 1.29 bits per heavy atom. The summed E-state index contributed by atoms with van der Waals surface area (Å²) >= 11 is 0. The molecular formula is C12H24N2O3. The quantitative estimate of drug-likeness (QED) is 0.691. The zero-order chi connectivity index (χ0) is 12.7. The van der Waals surface area contributed by atoms with Gasteiger partial charge in [0, 0.05) is 6.54 Å². The number of amides is 1. The Kier molecular flexibility index (Phi) is 5.71. The molecule has 17 heavy (non-hydrogen) atoms. The van der Waals surface area contributed by atoms with Gasteiger partial charge in [0.05, 0.1) is 19.3 Å². The molecule has 0 aromatic rings. The van der Waals surface area contributed by atoms with Gasteiger partial charge in [0.1, 0.15) is 5.60 Å². The van der Waals surface area contributed by atoms with Gasteiger partial charge in [-0.3, -0.25) is 0 Å². The van der Waals surface area contributed by atoms with Crippen LogP contribution in [0.3, 0.4) is 0 Å². The summed E-state index contributed by atoms with van der Waals surface area (Å²) in [6.45, 7) is 8.87. The van der Waals surface area contributed by atoms with Crippen LogP contribution in [0, 0.1) is 0 Å². The summed E-state index contributed by atoms with van der Waals surface area (Å²) in [5.74, 6) is 0. The largest absolute Gasteiger partial charge is 0.444 e. The molecule has 1 amide bonds. The van der Waals surface area contributed by atoms with Gasteiger partial charge in [-0.2, -0.15) is 0 Å². The number of unbranched alkanes of at least 4 members (excludes halogenated alkanes) is 1. The van der Waals surface area contributed by atoms with Crippen LogP contribution in [-0.4, -0.2) is 44.0 Å². The van der Waals surface area contributed by atoms with Crippen molar-refractivity contribution in [3.8, 4) is 0 Å². The molecule has 0 aromatic heterocycles. The van der Waals surface area contributed by atoms with E-state index in [0.29, 0.717) is 12.6 Å². The third-order valence-electron chi connectivity index (χ3n) is 2.34. The monoisotopic (exact) mass is 244 g/mol. The number of ether oxygens (including phenoxy) is 2. The molecule has 1 heterocycles. The predicted octanol–water partition coefficient (Wildman–Crippen LogP) is 1.28. The van der Waals surface area contributed by atoms with Gasteiger partial charge in [0.15, 0.2) is 0 Å². The zero-order valence-corrected chi connectivity index (χ0v) is 11.0. The van der Waals surface area contributed by atoms with Crippen LogP contribution in [-0.2, 0) is 9.47 Å². The summed E-state index contributed by atoms with van der Waals surface area (Å²) < 4.78 is 10.2. The molecule has 5 heteroatoms. The number of nitrogens with one attached hydrogen (secondary N) is 2. The fourth-order valence-corrected chi connectivity index (χ4v) is 1.41. The van der Waals surface area contributed by atoms with Crippen molar-refractivity contribution < 1.29 is 14.3 Å². The van der Waals surface area contributed by atoms with Crippen LogP contribution in [0.1, 0.15) is 33.6 Å². The number of alkyl carbamates (subject to hydrolysis) is 1. The highest BCUT2D eigenvalue weighted by Crippen LogP contribution is 2.06. The maximum absolute atomic E-state index is 11.3. The van der Waals surface area contributed by atoms with Crippen LogP contribution < -0.4 is 10.6 Å². The summed E-state index contributed by atoms with van der Waals surface area (Å²) in [5, 5.41) is 6.12. The topological polar surface area (TPSA) is 59.6 Å². The fraction of sp³-hybridized carbons (Fsp3) is 0.917. The van der Waals surface area contributed by atoms with Gasteiger partial charge in [-0.25, -0.2) is 4.79 Å². The molecule has 0 radical (unpaired) electrons. The van der Waals surface area contributed by atoms with Crippen LogP contribution in [0.4, 0.5) is 4.79 Å². The normalized spacial score (nSPS) is 16.4. The van der Waals surface area contributed by atoms with E-state index >= 15 is 0 Å². The minimum absolute atomic E-state index is 0.335. The van der Waals surface area contributed by atoms with Gasteiger partial charge in [0.25, 0.3) is 0 Å². The van der Waals surface area contributed by atoms with Crippen molar-refractivity contribution in [3.05, 3.63) is 0 Å². The Bertz CT molecular complexity index is 234. The Balaban J connectivity index is 1.87. The van der Waals surface area contributed by atoms with E-state index in [1.54, 1.807) is 0 Å². The number of rotatable bonds is 6. The Morgan fingerprint density at radius 2 is 1.94 bits per heavy atom. The first-order chi connectivity index (χ1) is 7.97. The molecule has 2 N–H and O–H groups in total. The van der Waals surface area contributed by atoms with E-state index < -0.39 is 5.60 Å². The van der Waals surface area contributed by atoms with E-state index in [4.69, 9.17) is 9.47 Å². The molecule has 0 spiro atoms. The molecule has 1 rings (SSSR count). The third kappa shape index (κ3) is 7.18. The molecule has 0 aromatic carbocycles. The van der Waals surface area contributed by atoms with Gasteiger partial charge in [0.2, 0.25) is 0 Å². The summed E-state index contributed by atoms with van der Waals surface area (Å²) in [5.41, 5.74) is -0.421. The Labute approximate surface area is 103 Å². The van der Waals surface area contributed by atoms with Crippen LogP contribution in [0.2, 0.25) is 0 Å². The lowest BCUT2D eigenvalue weighted by Gasteiger charge is -2.26. The van der Waals surface area contributed by atoms with E-state index in [1.165, 1.54) is 0 Å². The van der Waals surface area contributed by atoms with E-state index in [-0.39, 0.29) is 6.09 Å². The molecule has 100 valence electrons. The first kappa shape index (κ1) is 14.3. The molecule has 0 aliphatic carbocycles. The van der Waals surface area contributed by atoms with Gasteiger partial charge in [-0.05, 0) is 40.2 Å². The van der Waals surface area contributed by atoms with Crippen molar-refractivity contribution >= 4 is 6.09 Å². The average Bonchev–Trinajstić information content (AvgIpc) is 2.10. The molecule has 0 bridgehead atoms. The highest BCUT2D eigenvalue weighted by atomic mass is 16.6. The molecule has 0 atom stereocenters. The van der Waals surface area contributed by atoms with Gasteiger partial charge in [-0.1, -0.05) is 0 Å². The summed E-state index contributed by atoms with van der Waals surface area (Å²) in [7, 11) is 0. The predicted molar refractivity (Wildman–Crippen MR) is 66.1 cm³/mol. The van der Waals surface area contributed by atoms with Crippen molar-refractivity contribution in [1.82, 2.24) is 10.6 Å². The van der Waals surface area contributed by atoms with Crippen LogP contribution >= 0.6 is 0 Å². The van der Waals surface area contributed by atoms with Gasteiger partial charge < -0.3 is 20.1 Å². The van der Waals surface area contributed by atoms with Crippen molar-refractivity contribution in [2.45, 2.75) is 45.3 Å². The second-order valence-corrected chi connectivity index (χ2v) is 5.32. The van der Waals surface area contributed by atoms with Gasteiger partial charge in [-0.15, -0.1) is 0 Å². The standard InChI is InChI=1S/C12H24N2O3/c1-12(2,3)17-11(15)14-7-5-4-6-13-10-8-16-9-10/h10,13H,4-9H2,1-3H3,(H,14,15). The summed E-state index contributed by atoms with van der Waals surface area (Å²) in [4.78, 5) is 11.3. The lowest BCUT2D eigenvalue weighted by Crippen LogP contribution is -2.46. The zero-order valence-electron chi connectivity index (χ0n) is 11.0. The van der Waals surface area contributed by atoms with Crippen LogP contribution in [0.25, 0.3) is 0 Å². The van der Waals surface area contributed by atoms with E-state index in [1.807, 2.05) is 20.8 Å². The summed E-state index contributed by atoms with van der Waals surface area (Å²) in [6.07, 6.45) is 1.67. The van der Waals surface area contributed by atoms with Crippen molar-refractivity contribution in [2.24, 2.45) is 0 Å². The van der Waals surface area contributed by atoms with E-state index in [2.05, 4.69) is 10.6 Å². The number of carbonyl (C=O) groups excluding carboxylic acids is 1. The van der Waals surface area contributed by atoms with Crippen molar-refractivity contribution in [1.29, 1.82) is 0 Å². The SMILES string of the molecule is CC(C)(C)OC(=O)NCCCCNC1COC1. The molecule has 1 aliphatic rings. The first-order valence-corrected chi connectivity index (χ1v) is 6.25. The number of hydrogen-bond donors (Lipinski definition) is 2. The maximum Gasteiger partial charge on any atom is 0.407 e. The number of carbonyl (C=O) groups is 1. The molecule has 1 aliphatic heterocycles. The van der Waals surface area contributed by atoms with Crippen LogP contribution in [0.5, 0.6) is 0 Å². The molecular weight excluding hydrogens is 220 g/mol. The second-order valence-electron chi connectivity index (χ2n) is 5.32. The maximum atomic E-state index is 11.3. The molecule has 0 unspecified atom stereocenters. The van der Waals surface area contributed by atoms with Crippen molar-refractivity contribution in [3.63, 3.8) is 0 Å². The van der Waals surface area contributed by atoms with Gasteiger partial charge >= 0.3 is 6.09 Å². The minimum Gasteiger partial charge on any atom is -0.444 e. The van der Waals surface area contributed by atoms with E-state index in [0.717, 1.165) is 32.6 Å². The minimum atomic E-state index is -0.421. The fourth-order valence-electron chi connectivity index (χ4n) is 1.41. The highest BCUT2D eigenvalue weighted by Gasteiger charge is 2.17. The molecule has 0 saturated carbocycles. The molecule has 5 nitrogen and oxygen atoms in total. The smallest absolute Gasteiger partial charge is 0.407 e. The summed E-state index contributed by atoms with van der Waals surface area (Å²) in [6, 6.07) is 0.536. The first-order valence-electron chi connectivity index (χ1n) is 6.25. The molecule has 1 saturated heterocycles. The second kappa shape index (κ2) is 6.81. The highest BCUT2D eigenvalue weighted by molar-refractivity contribution is 5.67. The molecule has 1 fully saturated rings. The van der Waals surface area contributed by atoms with Crippen LogP contribution in [0.15, 0.2) is 0 Å².